The molecule has 1 aromatic rings. The summed E-state index contributed by atoms with van der Waals surface area (Å²) in [6.45, 7) is 1.97. The molecule has 1 aliphatic rings. The van der Waals surface area contributed by atoms with E-state index in [9.17, 15) is 9.50 Å². The Kier molecular flexibility index (Phi) is 1.84. The maximum absolute atomic E-state index is 12.8. The van der Waals surface area contributed by atoms with Crippen LogP contribution < -0.4 is 0 Å². The van der Waals surface area contributed by atoms with Gasteiger partial charge in [0.1, 0.15) is 5.82 Å². The number of hydrogen-bond donors (Lipinski definition) is 1. The summed E-state index contributed by atoms with van der Waals surface area (Å²) in [5, 5.41) is 10.1. The minimum Gasteiger partial charge on any atom is -0.385 e. The van der Waals surface area contributed by atoms with Crippen LogP contribution in [0.2, 0.25) is 0 Å². The molecular weight excluding hydrogens is 169 g/mol. The first kappa shape index (κ1) is 8.63. The van der Waals surface area contributed by atoms with E-state index in [0.29, 0.717) is 12.0 Å². The van der Waals surface area contributed by atoms with Crippen LogP contribution in [0.25, 0.3) is 0 Å². The molecule has 0 radical (unpaired) electrons. The summed E-state index contributed by atoms with van der Waals surface area (Å²) >= 11 is 0. The Morgan fingerprint density at radius 2 is 2.38 bits per heavy atom. The van der Waals surface area contributed by atoms with Crippen LogP contribution >= 0.6 is 0 Å². The van der Waals surface area contributed by atoms with E-state index in [0.717, 1.165) is 12.6 Å². The lowest BCUT2D eigenvalue weighted by atomic mass is 9.67. The number of pyridine rings is 1. The molecule has 1 heterocycles. The zero-order chi connectivity index (χ0) is 9.47. The lowest BCUT2D eigenvalue weighted by Crippen LogP contribution is -2.42. The Balaban J connectivity index is 2.35. The van der Waals surface area contributed by atoms with Gasteiger partial charge in [0.2, 0.25) is 0 Å². The SMILES string of the molecule is CC1CCC1(O)c1cncc(F)c1. The van der Waals surface area contributed by atoms with Crippen molar-refractivity contribution in [3.8, 4) is 0 Å². The predicted molar refractivity (Wildman–Crippen MR) is 46.5 cm³/mol. The monoisotopic (exact) mass is 181 g/mol. The second kappa shape index (κ2) is 2.77. The van der Waals surface area contributed by atoms with Gasteiger partial charge in [-0.15, -0.1) is 0 Å². The largest absolute Gasteiger partial charge is 0.385 e. The van der Waals surface area contributed by atoms with E-state index in [-0.39, 0.29) is 11.7 Å². The number of nitrogens with zero attached hydrogens (tertiary/aromatic N) is 1. The fraction of sp³-hybridized carbons (Fsp3) is 0.500. The van der Waals surface area contributed by atoms with Crippen LogP contribution in [-0.4, -0.2) is 10.1 Å². The third-order valence-corrected chi connectivity index (χ3v) is 2.98. The number of aromatic nitrogens is 1. The van der Waals surface area contributed by atoms with Crippen LogP contribution in [0.1, 0.15) is 25.3 Å². The maximum atomic E-state index is 12.8. The highest BCUT2D eigenvalue weighted by molar-refractivity contribution is 5.22. The van der Waals surface area contributed by atoms with Crippen LogP contribution in [0.5, 0.6) is 0 Å². The fourth-order valence-corrected chi connectivity index (χ4v) is 1.78. The summed E-state index contributed by atoms with van der Waals surface area (Å²) in [7, 11) is 0. The molecule has 0 saturated heterocycles. The van der Waals surface area contributed by atoms with Gasteiger partial charge in [-0.2, -0.15) is 0 Å². The van der Waals surface area contributed by atoms with Gasteiger partial charge < -0.3 is 5.11 Å². The van der Waals surface area contributed by atoms with Crippen molar-refractivity contribution >= 4 is 0 Å². The molecule has 0 spiro atoms. The van der Waals surface area contributed by atoms with Crippen LogP contribution in [-0.2, 0) is 5.60 Å². The summed E-state index contributed by atoms with van der Waals surface area (Å²) < 4.78 is 12.8. The zero-order valence-electron chi connectivity index (χ0n) is 7.50. The fourth-order valence-electron chi connectivity index (χ4n) is 1.78. The minimum atomic E-state index is -0.838. The Hall–Kier alpha value is -0.960. The van der Waals surface area contributed by atoms with E-state index in [1.165, 1.54) is 6.07 Å². The molecule has 3 heteroatoms. The predicted octanol–water partition coefficient (Wildman–Crippen LogP) is 1.84. The average molecular weight is 181 g/mol. The first-order valence-electron chi connectivity index (χ1n) is 4.46. The number of hydrogen-bond acceptors (Lipinski definition) is 2. The van der Waals surface area contributed by atoms with Crippen molar-refractivity contribution < 1.29 is 9.50 Å². The van der Waals surface area contributed by atoms with Crippen molar-refractivity contribution in [3.05, 3.63) is 29.8 Å². The topological polar surface area (TPSA) is 33.1 Å². The highest BCUT2D eigenvalue weighted by Crippen LogP contribution is 2.45. The summed E-state index contributed by atoms with van der Waals surface area (Å²) in [4.78, 5) is 3.73. The lowest BCUT2D eigenvalue weighted by Gasteiger charge is -2.43. The molecule has 2 unspecified atom stereocenters. The van der Waals surface area contributed by atoms with Crippen LogP contribution in [0.3, 0.4) is 0 Å². The summed E-state index contributed by atoms with van der Waals surface area (Å²) in [5.41, 5.74) is -0.235. The smallest absolute Gasteiger partial charge is 0.141 e. The van der Waals surface area contributed by atoms with Gasteiger partial charge in [-0.25, -0.2) is 4.39 Å². The number of halogens is 1. The van der Waals surface area contributed by atoms with E-state index in [1.54, 1.807) is 6.20 Å². The lowest BCUT2D eigenvalue weighted by molar-refractivity contribution is -0.0935. The molecule has 2 rings (SSSR count). The van der Waals surface area contributed by atoms with Gasteiger partial charge >= 0.3 is 0 Å². The van der Waals surface area contributed by atoms with Gasteiger partial charge in [0.15, 0.2) is 0 Å². The number of rotatable bonds is 1. The van der Waals surface area contributed by atoms with Crippen molar-refractivity contribution in [1.29, 1.82) is 0 Å². The summed E-state index contributed by atoms with van der Waals surface area (Å²) in [6.07, 6.45) is 4.39. The molecule has 1 aliphatic carbocycles. The molecule has 2 nitrogen and oxygen atoms in total. The Morgan fingerprint density at radius 3 is 2.85 bits per heavy atom. The van der Waals surface area contributed by atoms with Gasteiger partial charge in [0, 0.05) is 11.8 Å². The van der Waals surface area contributed by atoms with Crippen molar-refractivity contribution in [1.82, 2.24) is 4.98 Å². The molecule has 1 fully saturated rings. The molecule has 1 N–H and O–H groups in total. The molecule has 0 aromatic carbocycles. The maximum Gasteiger partial charge on any atom is 0.141 e. The van der Waals surface area contributed by atoms with E-state index in [2.05, 4.69) is 4.98 Å². The van der Waals surface area contributed by atoms with Crippen molar-refractivity contribution in [2.75, 3.05) is 0 Å². The Morgan fingerprint density at radius 1 is 1.62 bits per heavy atom. The van der Waals surface area contributed by atoms with Gasteiger partial charge in [0.05, 0.1) is 11.8 Å². The standard InChI is InChI=1S/C10H12FNO/c1-7-2-3-10(7,13)8-4-9(11)6-12-5-8/h4-7,13H,2-3H2,1H3. The van der Waals surface area contributed by atoms with Crippen LogP contribution in [0, 0.1) is 11.7 Å². The molecular formula is C10H12FNO. The van der Waals surface area contributed by atoms with Crippen LogP contribution in [0.15, 0.2) is 18.5 Å². The Bertz CT molecular complexity index is 328. The van der Waals surface area contributed by atoms with Crippen molar-refractivity contribution in [2.24, 2.45) is 5.92 Å². The highest BCUT2D eigenvalue weighted by atomic mass is 19.1. The second-order valence-electron chi connectivity index (χ2n) is 3.76. The van der Waals surface area contributed by atoms with Gasteiger partial charge in [-0.3, -0.25) is 4.98 Å². The van der Waals surface area contributed by atoms with E-state index < -0.39 is 5.60 Å². The normalized spacial score (nSPS) is 32.7. The quantitative estimate of drug-likeness (QED) is 0.717. The molecule has 1 saturated carbocycles. The molecule has 13 heavy (non-hydrogen) atoms. The van der Waals surface area contributed by atoms with Crippen molar-refractivity contribution in [2.45, 2.75) is 25.4 Å². The van der Waals surface area contributed by atoms with E-state index in [4.69, 9.17) is 0 Å². The second-order valence-corrected chi connectivity index (χ2v) is 3.76. The molecule has 0 amide bonds. The molecule has 0 aliphatic heterocycles. The molecule has 2 atom stereocenters. The summed E-state index contributed by atoms with van der Waals surface area (Å²) in [5.74, 6) is -0.180. The van der Waals surface area contributed by atoms with Gasteiger partial charge in [-0.05, 0) is 24.8 Å². The Labute approximate surface area is 76.4 Å². The molecule has 70 valence electrons. The highest BCUT2D eigenvalue weighted by Gasteiger charge is 2.43. The molecule has 1 aromatic heterocycles. The van der Waals surface area contributed by atoms with E-state index in [1.807, 2.05) is 6.92 Å². The number of aliphatic hydroxyl groups is 1. The summed E-state index contributed by atoms with van der Waals surface area (Å²) in [6, 6.07) is 1.36. The van der Waals surface area contributed by atoms with Gasteiger partial charge in [0.25, 0.3) is 0 Å². The van der Waals surface area contributed by atoms with E-state index >= 15 is 0 Å². The molecule has 0 bridgehead atoms. The van der Waals surface area contributed by atoms with Crippen molar-refractivity contribution in [3.63, 3.8) is 0 Å². The van der Waals surface area contributed by atoms with Gasteiger partial charge in [-0.1, -0.05) is 6.92 Å². The first-order valence-corrected chi connectivity index (χ1v) is 4.46. The average Bonchev–Trinajstić information content (AvgIpc) is 2.14. The third-order valence-electron chi connectivity index (χ3n) is 2.98. The zero-order valence-corrected chi connectivity index (χ0v) is 7.50. The third kappa shape index (κ3) is 1.23. The minimum absolute atomic E-state index is 0.205. The first-order chi connectivity index (χ1) is 6.13. The van der Waals surface area contributed by atoms with Crippen LogP contribution in [0.4, 0.5) is 4.39 Å².